The molecular formula is C31H25F2N7O4. The first kappa shape index (κ1) is 27.3. The molecule has 13 heteroatoms. The van der Waals surface area contributed by atoms with Crippen LogP contribution in [0.2, 0.25) is 0 Å². The van der Waals surface area contributed by atoms with Crippen molar-refractivity contribution < 1.29 is 27.9 Å². The number of benzene rings is 2. The molecule has 2 aliphatic heterocycles. The second-order valence-electron chi connectivity index (χ2n) is 10.9. The monoisotopic (exact) mass is 597 g/mol. The zero-order chi connectivity index (χ0) is 30.9. The number of nitrogens with zero attached hydrogens (tertiary/aromatic N) is 5. The highest BCUT2D eigenvalue weighted by Gasteiger charge is 2.48. The molecule has 7 rings (SSSR count). The van der Waals surface area contributed by atoms with Crippen LogP contribution in [-0.2, 0) is 4.79 Å². The van der Waals surface area contributed by atoms with Crippen molar-refractivity contribution in [3.63, 3.8) is 0 Å². The number of fused-ring (bicyclic) bond motifs is 2. The average Bonchev–Trinajstić information content (AvgIpc) is 3.76. The fraction of sp³-hybridized carbons (Fsp3) is 0.194. The molecule has 2 aromatic carbocycles. The molecule has 3 N–H and O–H groups in total. The van der Waals surface area contributed by atoms with Gasteiger partial charge >= 0.3 is 6.03 Å². The lowest BCUT2D eigenvalue weighted by molar-refractivity contribution is -0.119. The maximum atomic E-state index is 14.0. The van der Waals surface area contributed by atoms with E-state index in [1.807, 2.05) is 13.0 Å². The average molecular weight is 598 g/mol. The number of ether oxygens (including phenoxy) is 1. The second-order valence-corrected chi connectivity index (χ2v) is 10.9. The Kier molecular flexibility index (Phi) is 6.20. The number of aryl methyl sites for hydroxylation is 2. The third-order valence-electron chi connectivity index (χ3n) is 8.08. The van der Waals surface area contributed by atoms with Crippen LogP contribution in [0.1, 0.15) is 40.0 Å². The largest absolute Gasteiger partial charge is 0.433 e. The molecule has 44 heavy (non-hydrogen) atoms. The van der Waals surface area contributed by atoms with E-state index in [1.54, 1.807) is 24.0 Å². The Hall–Kier alpha value is -5.59. The van der Waals surface area contributed by atoms with E-state index in [0.717, 1.165) is 29.5 Å². The van der Waals surface area contributed by atoms with E-state index in [-0.39, 0.29) is 34.9 Å². The Labute approximate surface area is 248 Å². The normalized spacial score (nSPS) is 16.3. The number of ketones is 1. The van der Waals surface area contributed by atoms with Crippen molar-refractivity contribution in [2.24, 2.45) is 0 Å². The number of pyridine rings is 1. The summed E-state index contributed by atoms with van der Waals surface area (Å²) in [6, 6.07) is 9.31. The molecule has 2 aliphatic rings. The quantitative estimate of drug-likeness (QED) is 0.203. The van der Waals surface area contributed by atoms with Crippen molar-refractivity contribution in [1.29, 1.82) is 0 Å². The van der Waals surface area contributed by atoms with Gasteiger partial charge in [-0.15, -0.1) is 0 Å². The van der Waals surface area contributed by atoms with Gasteiger partial charge in [0.1, 0.15) is 11.9 Å². The molecule has 222 valence electrons. The van der Waals surface area contributed by atoms with Gasteiger partial charge in [0.2, 0.25) is 17.4 Å². The number of para-hydroxylation sites is 1. The molecule has 5 aromatic rings. The minimum absolute atomic E-state index is 0.0391. The highest BCUT2D eigenvalue weighted by Crippen LogP contribution is 2.36. The number of anilines is 2. The van der Waals surface area contributed by atoms with Crippen molar-refractivity contribution in [3.05, 3.63) is 88.9 Å². The van der Waals surface area contributed by atoms with Gasteiger partial charge in [0, 0.05) is 23.5 Å². The summed E-state index contributed by atoms with van der Waals surface area (Å²) >= 11 is 0. The number of imide groups is 1. The number of H-pyrrole nitrogens is 1. The summed E-state index contributed by atoms with van der Waals surface area (Å²) in [6.07, 6.45) is 4.18. The number of hydrogen-bond donors (Lipinski definition) is 2. The van der Waals surface area contributed by atoms with Gasteiger partial charge in [-0.3, -0.25) is 9.59 Å². The van der Waals surface area contributed by atoms with Crippen LogP contribution in [0, 0.1) is 25.5 Å². The van der Waals surface area contributed by atoms with Crippen molar-refractivity contribution in [2.75, 3.05) is 17.2 Å². The van der Waals surface area contributed by atoms with Gasteiger partial charge in [0.15, 0.2) is 11.6 Å². The highest BCUT2D eigenvalue weighted by atomic mass is 19.1. The van der Waals surface area contributed by atoms with Gasteiger partial charge in [-0.2, -0.15) is 5.10 Å². The van der Waals surface area contributed by atoms with E-state index in [2.05, 4.69) is 15.1 Å². The van der Waals surface area contributed by atoms with Gasteiger partial charge < -0.3 is 20.4 Å². The Morgan fingerprint density at radius 2 is 1.80 bits per heavy atom. The SMILES string of the molecule is Cc1cc2cc(C(=O)c3cnn(-c4cnc(Oc5c(F)cccc5F)cc4C)c3N)[nH]c2cc1N1C(=O)C2CCCN2C1=O. The third-order valence-corrected chi connectivity index (χ3v) is 8.08. The number of halogens is 2. The Bertz CT molecular complexity index is 1990. The molecule has 1 unspecified atom stereocenters. The van der Waals surface area contributed by atoms with E-state index in [0.29, 0.717) is 35.4 Å². The van der Waals surface area contributed by atoms with Gasteiger partial charge in [0.05, 0.1) is 35.0 Å². The maximum Gasteiger partial charge on any atom is 0.332 e. The standard InChI is InChI=1S/C31H25F2N7O4/c1-15-9-17-11-22(37-21(17)12-24(15)39-30(42)23-7-4-8-38(23)31(39)43)27(41)18-13-36-40(29(18)34)25-14-35-26(10-16(25)2)44-28-19(32)5-3-6-20(28)33/h3,5-6,9-14,23,37H,4,7-8,34H2,1-2H3. The minimum atomic E-state index is -0.866. The molecular weight excluding hydrogens is 572 g/mol. The number of carbonyl (C=O) groups excluding carboxylic acids is 3. The van der Waals surface area contributed by atoms with Crippen molar-refractivity contribution in [3.8, 4) is 17.3 Å². The summed E-state index contributed by atoms with van der Waals surface area (Å²) in [4.78, 5) is 49.6. The smallest absolute Gasteiger partial charge is 0.332 e. The molecule has 11 nitrogen and oxygen atoms in total. The minimum Gasteiger partial charge on any atom is -0.433 e. The predicted octanol–water partition coefficient (Wildman–Crippen LogP) is 5.18. The molecule has 0 spiro atoms. The first-order valence-electron chi connectivity index (χ1n) is 13.9. The molecule has 0 radical (unpaired) electrons. The lowest BCUT2D eigenvalue weighted by Gasteiger charge is -2.17. The Morgan fingerprint density at radius 3 is 2.52 bits per heavy atom. The van der Waals surface area contributed by atoms with Crippen LogP contribution in [0.3, 0.4) is 0 Å². The predicted molar refractivity (Wildman–Crippen MR) is 156 cm³/mol. The molecule has 3 amide bonds. The van der Waals surface area contributed by atoms with E-state index >= 15 is 0 Å². The number of nitrogen functional groups attached to an aromatic ring is 1. The van der Waals surface area contributed by atoms with Gasteiger partial charge in [0.25, 0.3) is 5.91 Å². The third kappa shape index (κ3) is 4.19. The summed E-state index contributed by atoms with van der Waals surface area (Å²) in [5.74, 6) is -2.94. The molecule has 0 bridgehead atoms. The highest BCUT2D eigenvalue weighted by molar-refractivity contribution is 6.22. The molecule has 3 aromatic heterocycles. The number of aromatic nitrogens is 4. The lowest BCUT2D eigenvalue weighted by atomic mass is 10.1. The van der Waals surface area contributed by atoms with Crippen LogP contribution in [0.15, 0.2) is 54.9 Å². The van der Waals surface area contributed by atoms with Crippen molar-refractivity contribution in [1.82, 2.24) is 24.6 Å². The second kappa shape index (κ2) is 10.0. The summed E-state index contributed by atoms with van der Waals surface area (Å²) in [5.41, 5.74) is 9.52. The fourth-order valence-corrected chi connectivity index (χ4v) is 5.85. The molecule has 2 saturated heterocycles. The topological polar surface area (TPSA) is 139 Å². The van der Waals surface area contributed by atoms with E-state index in [9.17, 15) is 23.2 Å². The van der Waals surface area contributed by atoms with Crippen LogP contribution in [0.5, 0.6) is 11.6 Å². The lowest BCUT2D eigenvalue weighted by Crippen LogP contribution is -2.33. The zero-order valence-corrected chi connectivity index (χ0v) is 23.6. The number of carbonyl (C=O) groups is 3. The number of urea groups is 1. The molecule has 1 atom stereocenters. The summed E-state index contributed by atoms with van der Waals surface area (Å²) in [5, 5.41) is 5.01. The van der Waals surface area contributed by atoms with E-state index in [4.69, 9.17) is 10.5 Å². The van der Waals surface area contributed by atoms with Gasteiger partial charge in [-0.25, -0.2) is 28.1 Å². The number of nitrogens with two attached hydrogens (primary N) is 1. The van der Waals surface area contributed by atoms with Crippen LogP contribution in [0.4, 0.5) is 25.1 Å². The Balaban J connectivity index is 1.16. The Morgan fingerprint density at radius 1 is 1.05 bits per heavy atom. The zero-order valence-electron chi connectivity index (χ0n) is 23.6. The van der Waals surface area contributed by atoms with Crippen molar-refractivity contribution in [2.45, 2.75) is 32.7 Å². The van der Waals surface area contributed by atoms with Gasteiger partial charge in [-0.05, 0) is 68.1 Å². The summed E-state index contributed by atoms with van der Waals surface area (Å²) in [6.45, 7) is 4.08. The van der Waals surface area contributed by atoms with Crippen LogP contribution >= 0.6 is 0 Å². The number of amides is 3. The summed E-state index contributed by atoms with van der Waals surface area (Å²) in [7, 11) is 0. The van der Waals surface area contributed by atoms with E-state index in [1.165, 1.54) is 34.1 Å². The number of rotatable bonds is 6. The number of aromatic amines is 1. The fourth-order valence-electron chi connectivity index (χ4n) is 5.85. The first-order chi connectivity index (χ1) is 21.1. The van der Waals surface area contributed by atoms with Gasteiger partial charge in [-0.1, -0.05) is 6.07 Å². The molecule has 2 fully saturated rings. The summed E-state index contributed by atoms with van der Waals surface area (Å²) < 4.78 is 34.7. The molecule has 5 heterocycles. The maximum absolute atomic E-state index is 14.0. The van der Waals surface area contributed by atoms with E-state index < -0.39 is 29.2 Å². The van der Waals surface area contributed by atoms with Crippen LogP contribution < -0.4 is 15.4 Å². The molecule has 0 saturated carbocycles. The first-order valence-corrected chi connectivity index (χ1v) is 13.9. The van der Waals surface area contributed by atoms with Crippen LogP contribution in [-0.4, -0.2) is 55.0 Å². The number of hydrogen-bond acceptors (Lipinski definition) is 7. The number of nitrogens with one attached hydrogen (secondary N) is 1. The van der Waals surface area contributed by atoms with Crippen LogP contribution in [0.25, 0.3) is 16.6 Å². The van der Waals surface area contributed by atoms with Crippen molar-refractivity contribution >= 4 is 40.1 Å². The molecule has 0 aliphatic carbocycles.